The van der Waals surface area contributed by atoms with Gasteiger partial charge in [0.15, 0.2) is 11.2 Å². The van der Waals surface area contributed by atoms with E-state index < -0.39 is 12.0 Å². The van der Waals surface area contributed by atoms with Gasteiger partial charge in [0.2, 0.25) is 0 Å². The topological polar surface area (TPSA) is 114 Å². The number of hydrogen-bond acceptors (Lipinski definition) is 9. The molecule has 4 aromatic carbocycles. The molecule has 0 spiro atoms. The SMILES string of the molecule is COc1ccc(CN(Cc2ccc(OC)cc2)c2nc3cc(-c4nc5cc(OC(C)C(N)=O)cc6c5n4CCCCO6)cc(F)c3s2)cc1. The van der Waals surface area contributed by atoms with E-state index in [1.165, 1.54) is 17.4 Å². The Morgan fingerprint density at radius 1 is 0.939 bits per heavy atom. The molecule has 1 atom stereocenters. The number of hydrogen-bond donors (Lipinski definition) is 1. The molecule has 2 N–H and O–H groups in total. The number of halogens is 1. The lowest BCUT2D eigenvalue weighted by molar-refractivity contribution is -0.123. The smallest absolute Gasteiger partial charge is 0.258 e. The maximum absolute atomic E-state index is 16.0. The number of methoxy groups -OCH3 is 2. The first kappa shape index (κ1) is 32.2. The maximum Gasteiger partial charge on any atom is 0.258 e. The molecule has 0 saturated heterocycles. The summed E-state index contributed by atoms with van der Waals surface area (Å²) in [5.74, 6) is 2.22. The molecule has 1 amide bonds. The van der Waals surface area contributed by atoms with E-state index in [9.17, 15) is 4.79 Å². The summed E-state index contributed by atoms with van der Waals surface area (Å²) in [7, 11) is 3.29. The highest BCUT2D eigenvalue weighted by atomic mass is 32.1. The number of carbonyl (C=O) groups is 1. The molecular weight excluding hydrogens is 646 g/mol. The Labute approximate surface area is 286 Å². The van der Waals surface area contributed by atoms with Gasteiger partial charge in [0.25, 0.3) is 5.91 Å². The predicted octanol–water partition coefficient (Wildman–Crippen LogP) is 7.10. The molecule has 10 nitrogen and oxygen atoms in total. The first-order chi connectivity index (χ1) is 23.8. The number of thiazole rings is 1. The van der Waals surface area contributed by atoms with Gasteiger partial charge in [0, 0.05) is 37.3 Å². The van der Waals surface area contributed by atoms with Gasteiger partial charge in [-0.2, -0.15) is 0 Å². The number of rotatable bonds is 11. The number of imidazole rings is 1. The summed E-state index contributed by atoms with van der Waals surface area (Å²) in [5.41, 5.74) is 10.1. The summed E-state index contributed by atoms with van der Waals surface area (Å²) < 4.78 is 41.2. The fourth-order valence-electron chi connectivity index (χ4n) is 5.98. The number of aryl methyl sites for hydroxylation is 1. The second kappa shape index (κ2) is 13.6. The fourth-order valence-corrected chi connectivity index (χ4v) is 6.93. The number of anilines is 1. The normalized spacial score (nSPS) is 13.4. The zero-order chi connectivity index (χ0) is 34.1. The highest BCUT2D eigenvalue weighted by molar-refractivity contribution is 7.22. The summed E-state index contributed by atoms with van der Waals surface area (Å²) in [6.45, 7) is 3.93. The van der Waals surface area contributed by atoms with Gasteiger partial charge < -0.3 is 34.1 Å². The fraction of sp³-hybridized carbons (Fsp3) is 0.270. The summed E-state index contributed by atoms with van der Waals surface area (Å²) in [5, 5.41) is 0.696. The lowest BCUT2D eigenvalue weighted by Gasteiger charge is -2.22. The van der Waals surface area contributed by atoms with Crippen molar-refractivity contribution in [1.29, 1.82) is 0 Å². The van der Waals surface area contributed by atoms with Crippen molar-refractivity contribution in [3.63, 3.8) is 0 Å². The minimum absolute atomic E-state index is 0.369. The van der Waals surface area contributed by atoms with Crippen LogP contribution in [0.25, 0.3) is 32.6 Å². The Kier molecular flexibility index (Phi) is 8.96. The molecular formula is C37H36FN5O5S. The van der Waals surface area contributed by atoms with Crippen molar-refractivity contribution >= 4 is 43.6 Å². The molecule has 49 heavy (non-hydrogen) atoms. The van der Waals surface area contributed by atoms with Crippen LogP contribution in [0.2, 0.25) is 0 Å². The third kappa shape index (κ3) is 6.68. The summed E-state index contributed by atoms with van der Waals surface area (Å²) in [4.78, 5) is 23.8. The van der Waals surface area contributed by atoms with E-state index in [1.807, 2.05) is 54.6 Å². The van der Waals surface area contributed by atoms with Gasteiger partial charge in [-0.1, -0.05) is 35.6 Å². The highest BCUT2D eigenvalue weighted by Gasteiger charge is 2.23. The Balaban J connectivity index is 1.28. The number of amides is 1. The summed E-state index contributed by atoms with van der Waals surface area (Å²) in [6, 6.07) is 22.7. The van der Waals surface area contributed by atoms with Crippen molar-refractivity contribution < 1.29 is 28.1 Å². The third-order valence-electron chi connectivity index (χ3n) is 8.55. The van der Waals surface area contributed by atoms with Crippen molar-refractivity contribution in [1.82, 2.24) is 14.5 Å². The predicted molar refractivity (Wildman–Crippen MR) is 188 cm³/mol. The van der Waals surface area contributed by atoms with Gasteiger partial charge >= 0.3 is 0 Å². The van der Waals surface area contributed by atoms with E-state index in [0.29, 0.717) is 70.0 Å². The van der Waals surface area contributed by atoms with Crippen LogP contribution in [-0.4, -0.2) is 47.4 Å². The molecule has 1 aliphatic heterocycles. The molecule has 3 heterocycles. The molecule has 7 rings (SSSR count). The molecule has 12 heteroatoms. The number of nitrogens with two attached hydrogens (primary N) is 1. The van der Waals surface area contributed by atoms with Crippen LogP contribution in [0.3, 0.4) is 0 Å². The van der Waals surface area contributed by atoms with E-state index in [1.54, 1.807) is 33.3 Å². The first-order valence-corrected chi connectivity index (χ1v) is 16.9. The zero-order valence-corrected chi connectivity index (χ0v) is 28.3. The average Bonchev–Trinajstić information content (AvgIpc) is 3.69. The van der Waals surface area contributed by atoms with Crippen LogP contribution in [0, 0.1) is 5.82 Å². The minimum atomic E-state index is -0.830. The largest absolute Gasteiger partial charge is 0.497 e. The number of aromatic nitrogens is 3. The van der Waals surface area contributed by atoms with E-state index in [4.69, 9.17) is 34.6 Å². The van der Waals surface area contributed by atoms with E-state index >= 15 is 4.39 Å². The van der Waals surface area contributed by atoms with Crippen LogP contribution >= 0.6 is 11.3 Å². The Morgan fingerprint density at radius 3 is 2.24 bits per heavy atom. The number of fused-ring (bicyclic) bond motifs is 1. The van der Waals surface area contributed by atoms with Gasteiger partial charge in [0.1, 0.15) is 40.2 Å². The summed E-state index contributed by atoms with van der Waals surface area (Å²) in [6.07, 6.45) is 0.873. The summed E-state index contributed by atoms with van der Waals surface area (Å²) >= 11 is 1.32. The quantitative estimate of drug-likeness (QED) is 0.154. The van der Waals surface area contributed by atoms with Crippen molar-refractivity contribution in [2.24, 2.45) is 5.73 Å². The number of carbonyl (C=O) groups excluding carboxylic acids is 1. The Hall–Kier alpha value is -5.36. The highest BCUT2D eigenvalue weighted by Crippen LogP contribution is 2.39. The van der Waals surface area contributed by atoms with Crippen LogP contribution in [0.5, 0.6) is 23.0 Å². The second-order valence-corrected chi connectivity index (χ2v) is 12.9. The third-order valence-corrected chi connectivity index (χ3v) is 9.69. The average molecular weight is 682 g/mol. The van der Waals surface area contributed by atoms with Gasteiger partial charge in [-0.15, -0.1) is 0 Å². The van der Waals surface area contributed by atoms with E-state index in [2.05, 4.69) is 9.47 Å². The van der Waals surface area contributed by atoms with Crippen LogP contribution < -0.4 is 29.6 Å². The minimum Gasteiger partial charge on any atom is -0.497 e. The molecule has 1 aliphatic rings. The van der Waals surface area contributed by atoms with Gasteiger partial charge in [-0.25, -0.2) is 14.4 Å². The number of nitrogens with zero attached hydrogens (tertiary/aromatic N) is 4. The van der Waals surface area contributed by atoms with Crippen molar-refractivity contribution in [2.75, 3.05) is 25.7 Å². The first-order valence-electron chi connectivity index (χ1n) is 16.0. The van der Waals surface area contributed by atoms with Crippen LogP contribution in [0.1, 0.15) is 30.9 Å². The van der Waals surface area contributed by atoms with Gasteiger partial charge in [-0.05, 0) is 67.3 Å². The molecule has 0 fully saturated rings. The number of primary amides is 1. The van der Waals surface area contributed by atoms with E-state index in [0.717, 1.165) is 41.0 Å². The Bertz CT molecular complexity index is 2080. The van der Waals surface area contributed by atoms with Crippen molar-refractivity contribution in [2.45, 2.75) is 45.5 Å². The lowest BCUT2D eigenvalue weighted by atomic mass is 10.1. The van der Waals surface area contributed by atoms with Gasteiger partial charge in [0.05, 0.1) is 36.6 Å². The molecule has 2 aromatic heterocycles. The maximum atomic E-state index is 16.0. The molecule has 0 aliphatic carbocycles. The molecule has 0 saturated carbocycles. The van der Waals surface area contributed by atoms with Crippen LogP contribution in [0.4, 0.5) is 9.52 Å². The van der Waals surface area contributed by atoms with Crippen molar-refractivity contribution in [3.05, 3.63) is 89.7 Å². The van der Waals surface area contributed by atoms with Gasteiger partial charge in [-0.3, -0.25) is 4.79 Å². The standard InChI is InChI=1S/C37H36FN5O5S/c1-22(35(39)44)48-28-18-30-33-32(19-28)47-15-5-4-14-43(33)36(40-30)25-16-29(38)34-31(17-25)41-37(49-34)42(20-23-6-10-26(45-2)11-7-23)21-24-8-12-27(46-3)13-9-24/h6-13,16-19,22H,4-5,14-15,20-21H2,1-3H3,(H2,39,44). The van der Waals surface area contributed by atoms with Crippen molar-refractivity contribution in [3.8, 4) is 34.4 Å². The van der Waals surface area contributed by atoms with Crippen LogP contribution in [-0.2, 0) is 24.4 Å². The number of ether oxygens (including phenoxy) is 4. The Morgan fingerprint density at radius 2 is 1.61 bits per heavy atom. The lowest BCUT2D eigenvalue weighted by Crippen LogP contribution is -2.30. The number of benzene rings is 4. The zero-order valence-electron chi connectivity index (χ0n) is 27.4. The second-order valence-electron chi connectivity index (χ2n) is 11.9. The molecule has 0 bridgehead atoms. The van der Waals surface area contributed by atoms with Crippen LogP contribution in [0.15, 0.2) is 72.8 Å². The molecule has 252 valence electrons. The monoisotopic (exact) mass is 681 g/mol. The van der Waals surface area contributed by atoms with E-state index in [-0.39, 0.29) is 5.82 Å². The molecule has 1 unspecified atom stereocenters. The molecule has 6 aromatic rings. The molecule has 0 radical (unpaired) electrons.